The number of rotatable bonds is 3. The fraction of sp³-hybridized carbons (Fsp3) is 0.118. The Morgan fingerprint density at radius 1 is 1.25 bits per heavy atom. The predicted molar refractivity (Wildman–Crippen MR) is 90.8 cm³/mol. The smallest absolute Gasteiger partial charge is 0.262 e. The summed E-state index contributed by atoms with van der Waals surface area (Å²) >= 11 is 0. The second-order valence-electron chi connectivity index (χ2n) is 5.23. The first-order chi connectivity index (χ1) is 11.0. The van der Waals surface area contributed by atoms with Gasteiger partial charge in [-0.1, -0.05) is 18.2 Å². The van der Waals surface area contributed by atoms with Crippen molar-refractivity contribution in [2.45, 2.75) is 12.0 Å². The van der Waals surface area contributed by atoms with E-state index >= 15 is 0 Å². The lowest BCUT2D eigenvalue weighted by molar-refractivity contribution is -0.133. The van der Waals surface area contributed by atoms with Crippen molar-refractivity contribution in [3.63, 3.8) is 0 Å². The van der Waals surface area contributed by atoms with Crippen molar-refractivity contribution in [3.05, 3.63) is 59.7 Å². The standard InChI is InChI=1S/C17H13N3O3.ClH/c18-9-8-17(23)13-10-12(6-7-14(13)20-16(17)22)19-15(21)11-4-2-1-3-5-11;/h1-7,10,23H,8H2,(H,19,21)(H,20,22);1H. The first-order valence-corrected chi connectivity index (χ1v) is 6.96. The quantitative estimate of drug-likeness (QED) is 0.796. The van der Waals surface area contributed by atoms with Crippen LogP contribution in [0, 0.1) is 11.3 Å². The van der Waals surface area contributed by atoms with Gasteiger partial charge in [0.1, 0.15) is 0 Å². The molecule has 0 fully saturated rings. The third-order valence-corrected chi connectivity index (χ3v) is 3.72. The Hall–Kier alpha value is -2.88. The molecule has 0 aromatic heterocycles. The lowest BCUT2D eigenvalue weighted by atomic mass is 9.92. The SMILES string of the molecule is Cl.N#CCC1(O)C(=O)Nc2ccc(NC(=O)c3ccccc3)cc21. The number of hydrogen-bond acceptors (Lipinski definition) is 4. The molecule has 3 N–H and O–H groups in total. The number of nitriles is 1. The topological polar surface area (TPSA) is 102 Å². The summed E-state index contributed by atoms with van der Waals surface area (Å²) in [5, 5.41) is 24.5. The zero-order chi connectivity index (χ0) is 16.4. The van der Waals surface area contributed by atoms with Gasteiger partial charge in [0, 0.05) is 22.5 Å². The molecule has 2 amide bonds. The van der Waals surface area contributed by atoms with Crippen LogP contribution >= 0.6 is 12.4 Å². The molecule has 122 valence electrons. The average molecular weight is 344 g/mol. The van der Waals surface area contributed by atoms with Gasteiger partial charge in [0.25, 0.3) is 11.8 Å². The lowest BCUT2D eigenvalue weighted by Gasteiger charge is -2.17. The molecular weight excluding hydrogens is 330 g/mol. The minimum Gasteiger partial charge on any atom is -0.374 e. The molecule has 7 heteroatoms. The number of nitrogens with one attached hydrogen (secondary N) is 2. The number of amides is 2. The van der Waals surface area contributed by atoms with Crippen LogP contribution in [0.4, 0.5) is 11.4 Å². The van der Waals surface area contributed by atoms with Gasteiger partial charge < -0.3 is 15.7 Å². The van der Waals surface area contributed by atoms with E-state index in [-0.39, 0.29) is 30.3 Å². The average Bonchev–Trinajstić information content (AvgIpc) is 2.80. The molecule has 1 aliphatic heterocycles. The van der Waals surface area contributed by atoms with Crippen molar-refractivity contribution in [3.8, 4) is 6.07 Å². The minimum absolute atomic E-state index is 0. The van der Waals surface area contributed by atoms with Crippen LogP contribution in [0.1, 0.15) is 22.3 Å². The molecule has 1 heterocycles. The molecule has 1 unspecified atom stereocenters. The van der Waals surface area contributed by atoms with Crippen molar-refractivity contribution in [1.29, 1.82) is 5.26 Å². The normalized spacial score (nSPS) is 17.9. The van der Waals surface area contributed by atoms with Crippen molar-refractivity contribution >= 4 is 35.6 Å². The first kappa shape index (κ1) is 17.5. The zero-order valence-electron chi connectivity index (χ0n) is 12.4. The van der Waals surface area contributed by atoms with Crippen LogP contribution in [0.3, 0.4) is 0 Å². The van der Waals surface area contributed by atoms with Crippen LogP contribution in [0.5, 0.6) is 0 Å². The molecule has 24 heavy (non-hydrogen) atoms. The molecular formula is C17H14ClN3O3. The van der Waals surface area contributed by atoms with Gasteiger partial charge in [0.2, 0.25) is 0 Å². The van der Waals surface area contributed by atoms with Crippen molar-refractivity contribution in [2.24, 2.45) is 0 Å². The molecule has 1 aliphatic rings. The summed E-state index contributed by atoms with van der Waals surface area (Å²) in [4.78, 5) is 24.1. The molecule has 2 aromatic carbocycles. The third kappa shape index (κ3) is 2.95. The summed E-state index contributed by atoms with van der Waals surface area (Å²) in [6, 6.07) is 15.2. The summed E-state index contributed by atoms with van der Waals surface area (Å²) in [6.07, 6.45) is -0.359. The summed E-state index contributed by atoms with van der Waals surface area (Å²) in [7, 11) is 0. The van der Waals surface area contributed by atoms with E-state index in [1.807, 2.05) is 12.1 Å². The van der Waals surface area contributed by atoms with E-state index in [9.17, 15) is 14.7 Å². The van der Waals surface area contributed by atoms with E-state index in [2.05, 4.69) is 10.6 Å². The van der Waals surface area contributed by atoms with Gasteiger partial charge in [-0.15, -0.1) is 12.4 Å². The monoisotopic (exact) mass is 343 g/mol. The number of halogens is 1. The molecule has 0 bridgehead atoms. The lowest BCUT2D eigenvalue weighted by Crippen LogP contribution is -2.33. The molecule has 0 radical (unpaired) electrons. The molecule has 1 atom stereocenters. The Balaban J connectivity index is 0.00000208. The van der Waals surface area contributed by atoms with Crippen LogP contribution in [-0.4, -0.2) is 16.9 Å². The number of benzene rings is 2. The maximum Gasteiger partial charge on any atom is 0.262 e. The van der Waals surface area contributed by atoms with E-state index in [0.29, 0.717) is 16.9 Å². The van der Waals surface area contributed by atoms with Gasteiger partial charge in [-0.2, -0.15) is 5.26 Å². The molecule has 3 rings (SSSR count). The Morgan fingerprint density at radius 2 is 1.96 bits per heavy atom. The second-order valence-corrected chi connectivity index (χ2v) is 5.23. The highest BCUT2D eigenvalue weighted by atomic mass is 35.5. The van der Waals surface area contributed by atoms with Crippen LogP contribution in [0.15, 0.2) is 48.5 Å². The fourth-order valence-corrected chi connectivity index (χ4v) is 2.50. The van der Waals surface area contributed by atoms with E-state index in [1.165, 1.54) is 6.07 Å². The number of nitrogens with zero attached hydrogens (tertiary/aromatic N) is 1. The van der Waals surface area contributed by atoms with Crippen LogP contribution in [0.25, 0.3) is 0 Å². The van der Waals surface area contributed by atoms with Crippen LogP contribution in [0.2, 0.25) is 0 Å². The highest BCUT2D eigenvalue weighted by molar-refractivity contribution is 6.07. The van der Waals surface area contributed by atoms with Crippen molar-refractivity contribution in [1.82, 2.24) is 0 Å². The number of carbonyl (C=O) groups is 2. The first-order valence-electron chi connectivity index (χ1n) is 6.96. The van der Waals surface area contributed by atoms with Crippen LogP contribution < -0.4 is 10.6 Å². The van der Waals surface area contributed by atoms with Gasteiger partial charge in [0.05, 0.1) is 12.5 Å². The van der Waals surface area contributed by atoms with Crippen molar-refractivity contribution in [2.75, 3.05) is 10.6 Å². The van der Waals surface area contributed by atoms with E-state index < -0.39 is 11.5 Å². The number of fused-ring (bicyclic) bond motifs is 1. The van der Waals surface area contributed by atoms with Gasteiger partial charge in [-0.05, 0) is 30.3 Å². The highest BCUT2D eigenvalue weighted by Crippen LogP contribution is 2.39. The molecule has 0 spiro atoms. The molecule has 0 saturated heterocycles. The summed E-state index contributed by atoms with van der Waals surface area (Å²) in [6.45, 7) is 0. The zero-order valence-corrected chi connectivity index (χ0v) is 13.3. The number of hydrogen-bond donors (Lipinski definition) is 3. The predicted octanol–water partition coefficient (Wildman–Crippen LogP) is 2.41. The molecule has 6 nitrogen and oxygen atoms in total. The Bertz CT molecular complexity index is 833. The summed E-state index contributed by atoms with van der Waals surface area (Å²) in [5.74, 6) is -0.938. The van der Waals surface area contributed by atoms with E-state index in [4.69, 9.17) is 5.26 Å². The fourth-order valence-electron chi connectivity index (χ4n) is 2.50. The van der Waals surface area contributed by atoms with Gasteiger partial charge >= 0.3 is 0 Å². The van der Waals surface area contributed by atoms with Gasteiger partial charge in [0.15, 0.2) is 5.60 Å². The minimum atomic E-state index is -1.89. The van der Waals surface area contributed by atoms with Gasteiger partial charge in [-0.3, -0.25) is 9.59 Å². The largest absolute Gasteiger partial charge is 0.374 e. The second kappa shape index (κ2) is 6.71. The number of anilines is 2. The number of carbonyl (C=O) groups excluding carboxylic acids is 2. The third-order valence-electron chi connectivity index (χ3n) is 3.72. The summed E-state index contributed by atoms with van der Waals surface area (Å²) < 4.78 is 0. The van der Waals surface area contributed by atoms with E-state index in [0.717, 1.165) is 0 Å². The molecule has 0 aliphatic carbocycles. The van der Waals surface area contributed by atoms with Gasteiger partial charge in [-0.25, -0.2) is 0 Å². The molecule has 2 aromatic rings. The maximum atomic E-state index is 12.2. The maximum absolute atomic E-state index is 12.2. The Morgan fingerprint density at radius 3 is 2.62 bits per heavy atom. The highest BCUT2D eigenvalue weighted by Gasteiger charge is 2.45. The number of aliphatic hydroxyl groups is 1. The van der Waals surface area contributed by atoms with E-state index in [1.54, 1.807) is 36.4 Å². The molecule has 0 saturated carbocycles. The van der Waals surface area contributed by atoms with Crippen molar-refractivity contribution < 1.29 is 14.7 Å². The van der Waals surface area contributed by atoms with Crippen LogP contribution in [-0.2, 0) is 10.4 Å². The Kier molecular flexibility index (Phi) is 4.88. The summed E-state index contributed by atoms with van der Waals surface area (Å²) in [5.41, 5.74) is -0.238. The Labute approximate surface area is 144 Å².